The third-order valence-corrected chi connectivity index (χ3v) is 3.14. The van der Waals surface area contributed by atoms with Gasteiger partial charge in [-0.15, -0.1) is 0 Å². The SMILES string of the molecule is Fc1ccc(F)c(CNc2cccc(-n3ccnc3)c2)c1. The van der Waals surface area contributed by atoms with Crippen LogP contribution in [-0.4, -0.2) is 9.55 Å². The smallest absolute Gasteiger partial charge is 0.128 e. The Kier molecular flexibility index (Phi) is 3.64. The van der Waals surface area contributed by atoms with Gasteiger partial charge in [0, 0.05) is 35.9 Å². The number of benzene rings is 2. The van der Waals surface area contributed by atoms with Gasteiger partial charge in [0.15, 0.2) is 0 Å². The summed E-state index contributed by atoms with van der Waals surface area (Å²) in [5.74, 6) is -0.866. The van der Waals surface area contributed by atoms with Gasteiger partial charge in [-0.2, -0.15) is 0 Å². The highest BCUT2D eigenvalue weighted by atomic mass is 19.1. The van der Waals surface area contributed by atoms with Crippen molar-refractivity contribution in [2.24, 2.45) is 0 Å². The summed E-state index contributed by atoms with van der Waals surface area (Å²) in [5.41, 5.74) is 2.06. The molecule has 1 aromatic heterocycles. The lowest BCUT2D eigenvalue weighted by atomic mass is 10.2. The second-order valence-corrected chi connectivity index (χ2v) is 4.61. The van der Waals surface area contributed by atoms with Gasteiger partial charge in [0.1, 0.15) is 11.6 Å². The Morgan fingerprint density at radius 3 is 2.81 bits per heavy atom. The molecule has 106 valence electrons. The predicted molar refractivity (Wildman–Crippen MR) is 77.2 cm³/mol. The van der Waals surface area contributed by atoms with E-state index in [4.69, 9.17) is 0 Å². The molecule has 5 heteroatoms. The van der Waals surface area contributed by atoms with E-state index in [2.05, 4.69) is 10.3 Å². The van der Waals surface area contributed by atoms with Crippen LogP contribution in [0.15, 0.2) is 61.2 Å². The lowest BCUT2D eigenvalue weighted by molar-refractivity contribution is 0.587. The third kappa shape index (κ3) is 3.08. The summed E-state index contributed by atoms with van der Waals surface area (Å²) in [6, 6.07) is 11.1. The molecule has 1 N–H and O–H groups in total. The standard InChI is InChI=1S/C16H13F2N3/c17-13-4-5-16(18)12(8-13)10-20-14-2-1-3-15(9-14)21-7-6-19-11-21/h1-9,11,20H,10H2. The van der Waals surface area contributed by atoms with E-state index < -0.39 is 11.6 Å². The third-order valence-electron chi connectivity index (χ3n) is 3.14. The Hall–Kier alpha value is -2.69. The number of hydrogen-bond acceptors (Lipinski definition) is 2. The van der Waals surface area contributed by atoms with Crippen molar-refractivity contribution in [3.8, 4) is 5.69 Å². The van der Waals surface area contributed by atoms with E-state index in [1.165, 1.54) is 6.07 Å². The molecule has 0 atom stereocenters. The summed E-state index contributed by atoms with van der Waals surface area (Å²) in [6.07, 6.45) is 5.24. The molecule has 0 aliphatic heterocycles. The molecule has 3 rings (SSSR count). The Bertz CT molecular complexity index is 739. The quantitative estimate of drug-likeness (QED) is 0.791. The van der Waals surface area contributed by atoms with E-state index in [9.17, 15) is 8.78 Å². The van der Waals surface area contributed by atoms with Crippen LogP contribution in [-0.2, 0) is 6.54 Å². The Balaban J connectivity index is 1.76. The van der Waals surface area contributed by atoms with Crippen LogP contribution in [0.4, 0.5) is 14.5 Å². The zero-order valence-electron chi connectivity index (χ0n) is 11.1. The van der Waals surface area contributed by atoms with Crippen LogP contribution in [0.2, 0.25) is 0 Å². The Morgan fingerprint density at radius 2 is 2.00 bits per heavy atom. The van der Waals surface area contributed by atoms with Crippen LogP contribution < -0.4 is 5.32 Å². The van der Waals surface area contributed by atoms with E-state index in [0.717, 1.165) is 23.5 Å². The molecule has 0 aliphatic carbocycles. The predicted octanol–water partition coefficient (Wildman–Crippen LogP) is 3.76. The molecular weight excluding hydrogens is 272 g/mol. The second kappa shape index (κ2) is 5.75. The molecule has 0 aliphatic rings. The molecule has 3 nitrogen and oxygen atoms in total. The van der Waals surface area contributed by atoms with Crippen molar-refractivity contribution < 1.29 is 8.78 Å². The number of nitrogens with zero attached hydrogens (tertiary/aromatic N) is 2. The van der Waals surface area contributed by atoms with Crippen molar-refractivity contribution in [3.63, 3.8) is 0 Å². The molecule has 0 bridgehead atoms. The summed E-state index contributed by atoms with van der Waals surface area (Å²) in [7, 11) is 0. The number of aromatic nitrogens is 2. The van der Waals surface area contributed by atoms with Gasteiger partial charge in [0.05, 0.1) is 6.33 Å². The summed E-state index contributed by atoms with van der Waals surface area (Å²) in [4.78, 5) is 3.99. The maximum Gasteiger partial charge on any atom is 0.128 e. The fourth-order valence-electron chi connectivity index (χ4n) is 2.06. The van der Waals surface area contributed by atoms with Crippen LogP contribution in [0.25, 0.3) is 5.69 Å². The molecule has 0 spiro atoms. The molecule has 21 heavy (non-hydrogen) atoms. The first-order valence-corrected chi connectivity index (χ1v) is 6.48. The maximum atomic E-state index is 13.6. The molecular formula is C16H13F2N3. The van der Waals surface area contributed by atoms with Gasteiger partial charge < -0.3 is 9.88 Å². The summed E-state index contributed by atoms with van der Waals surface area (Å²) in [5, 5.41) is 3.09. The fourth-order valence-corrected chi connectivity index (χ4v) is 2.06. The second-order valence-electron chi connectivity index (χ2n) is 4.61. The average Bonchev–Trinajstić information content (AvgIpc) is 3.03. The number of halogens is 2. The van der Waals surface area contributed by atoms with Crippen LogP contribution in [0.1, 0.15) is 5.56 Å². The van der Waals surface area contributed by atoms with Crippen molar-refractivity contribution in [3.05, 3.63) is 78.4 Å². The molecule has 2 aromatic carbocycles. The molecule has 0 radical (unpaired) electrons. The van der Waals surface area contributed by atoms with Crippen molar-refractivity contribution >= 4 is 5.69 Å². The van der Waals surface area contributed by atoms with Gasteiger partial charge in [-0.05, 0) is 36.4 Å². The van der Waals surface area contributed by atoms with Crippen molar-refractivity contribution in [1.82, 2.24) is 9.55 Å². The minimum atomic E-state index is -0.444. The van der Waals surface area contributed by atoms with Crippen molar-refractivity contribution in [2.45, 2.75) is 6.54 Å². The molecule has 0 saturated carbocycles. The topological polar surface area (TPSA) is 29.9 Å². The minimum Gasteiger partial charge on any atom is -0.381 e. The Morgan fingerprint density at radius 1 is 1.10 bits per heavy atom. The fraction of sp³-hybridized carbons (Fsp3) is 0.0625. The zero-order chi connectivity index (χ0) is 14.7. The lowest BCUT2D eigenvalue weighted by Gasteiger charge is -2.09. The van der Waals surface area contributed by atoms with Gasteiger partial charge >= 0.3 is 0 Å². The van der Waals surface area contributed by atoms with Gasteiger partial charge in [0.2, 0.25) is 0 Å². The molecule has 0 fully saturated rings. The number of rotatable bonds is 4. The van der Waals surface area contributed by atoms with Crippen LogP contribution in [0.3, 0.4) is 0 Å². The number of anilines is 1. The van der Waals surface area contributed by atoms with E-state index in [0.29, 0.717) is 5.56 Å². The first-order chi connectivity index (χ1) is 10.2. The first kappa shape index (κ1) is 13.3. The van der Waals surface area contributed by atoms with Gasteiger partial charge in [-0.25, -0.2) is 13.8 Å². The van der Waals surface area contributed by atoms with Crippen LogP contribution >= 0.6 is 0 Å². The van der Waals surface area contributed by atoms with Crippen molar-refractivity contribution in [2.75, 3.05) is 5.32 Å². The van der Waals surface area contributed by atoms with Gasteiger partial charge in [-0.1, -0.05) is 6.07 Å². The lowest BCUT2D eigenvalue weighted by Crippen LogP contribution is -2.03. The van der Waals surface area contributed by atoms with E-state index in [1.807, 2.05) is 35.0 Å². The highest BCUT2D eigenvalue weighted by molar-refractivity contribution is 5.51. The number of hydrogen-bond donors (Lipinski definition) is 1. The summed E-state index contributed by atoms with van der Waals surface area (Å²) < 4.78 is 28.5. The van der Waals surface area contributed by atoms with Gasteiger partial charge in [-0.3, -0.25) is 0 Å². The highest BCUT2D eigenvalue weighted by Gasteiger charge is 2.04. The molecule has 1 heterocycles. The minimum absolute atomic E-state index is 0.219. The maximum absolute atomic E-state index is 13.6. The zero-order valence-corrected chi connectivity index (χ0v) is 11.1. The molecule has 3 aromatic rings. The highest BCUT2D eigenvalue weighted by Crippen LogP contribution is 2.17. The van der Waals surface area contributed by atoms with Gasteiger partial charge in [0.25, 0.3) is 0 Å². The van der Waals surface area contributed by atoms with Crippen LogP contribution in [0.5, 0.6) is 0 Å². The molecule has 0 amide bonds. The summed E-state index contributed by atoms with van der Waals surface area (Å²) in [6.45, 7) is 0.219. The van der Waals surface area contributed by atoms with E-state index in [1.54, 1.807) is 12.5 Å². The molecule has 0 unspecified atom stereocenters. The number of imidazole rings is 1. The first-order valence-electron chi connectivity index (χ1n) is 6.48. The number of nitrogens with one attached hydrogen (secondary N) is 1. The average molecular weight is 285 g/mol. The van der Waals surface area contributed by atoms with E-state index >= 15 is 0 Å². The Labute approximate surface area is 120 Å². The van der Waals surface area contributed by atoms with Crippen LogP contribution in [0, 0.1) is 11.6 Å². The van der Waals surface area contributed by atoms with E-state index in [-0.39, 0.29) is 6.54 Å². The molecule has 0 saturated heterocycles. The van der Waals surface area contributed by atoms with Crippen molar-refractivity contribution in [1.29, 1.82) is 0 Å². The normalized spacial score (nSPS) is 10.6. The monoisotopic (exact) mass is 285 g/mol. The summed E-state index contributed by atoms with van der Waals surface area (Å²) >= 11 is 0. The largest absolute Gasteiger partial charge is 0.381 e.